The third-order valence-corrected chi connectivity index (χ3v) is 3.34. The van der Waals surface area contributed by atoms with Crippen molar-refractivity contribution in [2.45, 2.75) is 38.8 Å². The Kier molecular flexibility index (Phi) is 3.89. The molecule has 1 aromatic rings. The van der Waals surface area contributed by atoms with Crippen molar-refractivity contribution in [1.82, 2.24) is 5.32 Å². The molecular formula is C14H23N3. The highest BCUT2D eigenvalue weighted by molar-refractivity contribution is 5.67. The second kappa shape index (κ2) is 5.41. The van der Waals surface area contributed by atoms with Gasteiger partial charge in [0.15, 0.2) is 0 Å². The highest BCUT2D eigenvalue weighted by Crippen LogP contribution is 2.25. The summed E-state index contributed by atoms with van der Waals surface area (Å²) in [5.74, 6) is 0. The van der Waals surface area contributed by atoms with Crippen molar-refractivity contribution in [3.05, 3.63) is 24.3 Å². The lowest BCUT2D eigenvalue weighted by Crippen LogP contribution is -2.44. The zero-order valence-corrected chi connectivity index (χ0v) is 10.8. The summed E-state index contributed by atoms with van der Waals surface area (Å²) < 4.78 is 0. The first-order chi connectivity index (χ1) is 8.16. The van der Waals surface area contributed by atoms with Crippen LogP contribution in [0.3, 0.4) is 0 Å². The first-order valence-corrected chi connectivity index (χ1v) is 6.52. The minimum atomic E-state index is 0.577. The second-order valence-corrected chi connectivity index (χ2v) is 5.14. The molecule has 1 saturated heterocycles. The predicted octanol–water partition coefficient (Wildman–Crippen LogP) is 2.24. The summed E-state index contributed by atoms with van der Waals surface area (Å²) in [6.45, 7) is 6.61. The SMILES string of the molecule is CC(C)NC1CCN(c2ccccc2N)CC1. The Morgan fingerprint density at radius 3 is 2.47 bits per heavy atom. The molecule has 1 aliphatic rings. The molecule has 17 heavy (non-hydrogen) atoms. The number of hydrogen-bond acceptors (Lipinski definition) is 3. The Bertz CT molecular complexity index is 354. The Hall–Kier alpha value is -1.22. The summed E-state index contributed by atoms with van der Waals surface area (Å²) >= 11 is 0. The number of nitrogens with zero attached hydrogens (tertiary/aromatic N) is 1. The quantitative estimate of drug-likeness (QED) is 0.787. The largest absolute Gasteiger partial charge is 0.397 e. The number of hydrogen-bond donors (Lipinski definition) is 2. The van der Waals surface area contributed by atoms with E-state index in [9.17, 15) is 0 Å². The number of nitrogens with two attached hydrogens (primary N) is 1. The molecule has 0 unspecified atom stereocenters. The van der Waals surface area contributed by atoms with E-state index < -0.39 is 0 Å². The standard InChI is InChI=1S/C14H23N3/c1-11(2)16-12-7-9-17(10-8-12)14-6-4-3-5-13(14)15/h3-6,11-12,16H,7-10,15H2,1-2H3. The molecule has 0 aromatic heterocycles. The van der Waals surface area contributed by atoms with Crippen molar-refractivity contribution >= 4 is 11.4 Å². The van der Waals surface area contributed by atoms with Crippen LogP contribution in [0, 0.1) is 0 Å². The van der Waals surface area contributed by atoms with Gasteiger partial charge in [-0.1, -0.05) is 26.0 Å². The van der Waals surface area contributed by atoms with E-state index in [0.29, 0.717) is 12.1 Å². The highest BCUT2D eigenvalue weighted by atomic mass is 15.2. The van der Waals surface area contributed by atoms with Crippen LogP contribution in [0.4, 0.5) is 11.4 Å². The zero-order valence-electron chi connectivity index (χ0n) is 10.8. The first-order valence-electron chi connectivity index (χ1n) is 6.52. The molecular weight excluding hydrogens is 210 g/mol. The Balaban J connectivity index is 1.93. The number of nitrogens with one attached hydrogen (secondary N) is 1. The molecule has 2 rings (SSSR count). The van der Waals surface area contributed by atoms with Gasteiger partial charge in [0.1, 0.15) is 0 Å². The number of piperidine rings is 1. The lowest BCUT2D eigenvalue weighted by atomic mass is 10.0. The lowest BCUT2D eigenvalue weighted by molar-refractivity contribution is 0.387. The molecule has 1 aliphatic heterocycles. The number of benzene rings is 1. The van der Waals surface area contributed by atoms with Gasteiger partial charge in [-0.15, -0.1) is 0 Å². The summed E-state index contributed by atoms with van der Waals surface area (Å²) in [7, 11) is 0. The Morgan fingerprint density at radius 2 is 1.88 bits per heavy atom. The van der Waals surface area contributed by atoms with E-state index in [0.717, 1.165) is 18.8 Å². The van der Waals surface area contributed by atoms with Gasteiger partial charge in [0.2, 0.25) is 0 Å². The molecule has 0 radical (unpaired) electrons. The van der Waals surface area contributed by atoms with Crippen LogP contribution in [-0.2, 0) is 0 Å². The molecule has 0 amide bonds. The fourth-order valence-corrected chi connectivity index (χ4v) is 2.53. The van der Waals surface area contributed by atoms with Crippen LogP contribution in [0.2, 0.25) is 0 Å². The van der Waals surface area contributed by atoms with Gasteiger partial charge >= 0.3 is 0 Å². The van der Waals surface area contributed by atoms with Crippen molar-refractivity contribution in [2.75, 3.05) is 23.7 Å². The van der Waals surface area contributed by atoms with E-state index in [2.05, 4.69) is 36.2 Å². The van der Waals surface area contributed by atoms with E-state index in [1.54, 1.807) is 0 Å². The first kappa shape index (κ1) is 12.2. The molecule has 0 aliphatic carbocycles. The molecule has 3 nitrogen and oxygen atoms in total. The molecule has 3 N–H and O–H groups in total. The van der Waals surface area contributed by atoms with Crippen LogP contribution in [0.15, 0.2) is 24.3 Å². The number of anilines is 2. The lowest BCUT2D eigenvalue weighted by Gasteiger charge is -2.35. The van der Waals surface area contributed by atoms with Gasteiger partial charge in [-0.3, -0.25) is 0 Å². The second-order valence-electron chi connectivity index (χ2n) is 5.14. The molecule has 94 valence electrons. The third kappa shape index (κ3) is 3.13. The fraction of sp³-hybridized carbons (Fsp3) is 0.571. The smallest absolute Gasteiger partial charge is 0.0599 e. The average molecular weight is 233 g/mol. The molecule has 0 bridgehead atoms. The van der Waals surface area contributed by atoms with Crippen molar-refractivity contribution in [3.63, 3.8) is 0 Å². The number of rotatable bonds is 3. The van der Waals surface area contributed by atoms with Crippen LogP contribution in [0.25, 0.3) is 0 Å². The van der Waals surface area contributed by atoms with Crippen LogP contribution in [0.5, 0.6) is 0 Å². The molecule has 3 heteroatoms. The Morgan fingerprint density at radius 1 is 1.24 bits per heavy atom. The maximum Gasteiger partial charge on any atom is 0.0599 e. The van der Waals surface area contributed by atoms with Crippen molar-refractivity contribution in [3.8, 4) is 0 Å². The van der Waals surface area contributed by atoms with Gasteiger partial charge in [-0.2, -0.15) is 0 Å². The topological polar surface area (TPSA) is 41.3 Å². The van der Waals surface area contributed by atoms with Crippen LogP contribution in [0.1, 0.15) is 26.7 Å². The molecule has 1 aromatic carbocycles. The summed E-state index contributed by atoms with van der Waals surface area (Å²) in [4.78, 5) is 2.40. The highest BCUT2D eigenvalue weighted by Gasteiger charge is 2.20. The molecule has 0 spiro atoms. The van der Waals surface area contributed by atoms with Crippen LogP contribution in [-0.4, -0.2) is 25.2 Å². The van der Waals surface area contributed by atoms with Crippen molar-refractivity contribution in [1.29, 1.82) is 0 Å². The van der Waals surface area contributed by atoms with Crippen LogP contribution < -0.4 is 16.0 Å². The maximum absolute atomic E-state index is 6.01. The summed E-state index contributed by atoms with van der Waals surface area (Å²) in [5, 5.41) is 3.61. The van der Waals surface area contributed by atoms with Gasteiger partial charge in [-0.05, 0) is 25.0 Å². The normalized spacial score (nSPS) is 17.7. The third-order valence-electron chi connectivity index (χ3n) is 3.34. The van der Waals surface area contributed by atoms with Crippen molar-refractivity contribution < 1.29 is 0 Å². The summed E-state index contributed by atoms with van der Waals surface area (Å²) in [5.41, 5.74) is 8.09. The predicted molar refractivity (Wildman–Crippen MR) is 74.4 cm³/mol. The van der Waals surface area contributed by atoms with Gasteiger partial charge in [-0.25, -0.2) is 0 Å². The fourth-order valence-electron chi connectivity index (χ4n) is 2.53. The van der Waals surface area contributed by atoms with Gasteiger partial charge in [0, 0.05) is 25.2 Å². The zero-order chi connectivity index (χ0) is 12.3. The minimum Gasteiger partial charge on any atom is -0.397 e. The molecule has 1 fully saturated rings. The van der Waals surface area contributed by atoms with Crippen molar-refractivity contribution in [2.24, 2.45) is 0 Å². The summed E-state index contributed by atoms with van der Waals surface area (Å²) in [6, 6.07) is 9.39. The van der Waals surface area contributed by atoms with E-state index in [1.807, 2.05) is 12.1 Å². The van der Waals surface area contributed by atoms with Gasteiger partial charge in [0.05, 0.1) is 11.4 Å². The number of para-hydroxylation sites is 2. The van der Waals surface area contributed by atoms with E-state index in [1.165, 1.54) is 18.5 Å². The minimum absolute atomic E-state index is 0.577. The molecule has 1 heterocycles. The molecule has 0 atom stereocenters. The maximum atomic E-state index is 6.01. The van der Waals surface area contributed by atoms with E-state index in [-0.39, 0.29) is 0 Å². The number of nitrogen functional groups attached to an aromatic ring is 1. The summed E-state index contributed by atoms with van der Waals surface area (Å²) in [6.07, 6.45) is 2.40. The van der Waals surface area contributed by atoms with Crippen LogP contribution >= 0.6 is 0 Å². The van der Waals surface area contributed by atoms with E-state index >= 15 is 0 Å². The average Bonchev–Trinajstić information content (AvgIpc) is 2.30. The van der Waals surface area contributed by atoms with Gasteiger partial charge in [0.25, 0.3) is 0 Å². The Labute approximate surface area is 104 Å². The molecule has 0 saturated carbocycles. The monoisotopic (exact) mass is 233 g/mol. The van der Waals surface area contributed by atoms with E-state index in [4.69, 9.17) is 5.73 Å². The van der Waals surface area contributed by atoms with Gasteiger partial charge < -0.3 is 16.0 Å².